The van der Waals surface area contributed by atoms with Crippen molar-refractivity contribution in [2.45, 2.75) is 18.1 Å². The fourth-order valence-electron chi connectivity index (χ4n) is 3.38. The summed E-state index contributed by atoms with van der Waals surface area (Å²) in [6.07, 6.45) is 4.62. The summed E-state index contributed by atoms with van der Waals surface area (Å²) < 4.78 is -0.392. The second-order valence-corrected chi connectivity index (χ2v) is 7.79. The van der Waals surface area contributed by atoms with Crippen LogP contribution in [0.4, 0.5) is 5.69 Å². The fourth-order valence-corrected chi connectivity index (χ4v) is 4.17. The molecule has 26 heavy (non-hydrogen) atoms. The number of hydrogen-bond donors (Lipinski definition) is 3. The number of carbonyl (C=O) groups is 1. The number of aryl methyl sites for hydroxylation is 1. The van der Waals surface area contributed by atoms with Gasteiger partial charge in [-0.1, -0.05) is 0 Å². The molecular weight excluding hydrogens is 346 g/mol. The number of rotatable bonds is 4. The number of amides is 1. The normalized spacial score (nSPS) is 19.8. The molecule has 1 saturated heterocycles. The highest BCUT2D eigenvalue weighted by Crippen LogP contribution is 2.32. The van der Waals surface area contributed by atoms with Crippen molar-refractivity contribution in [2.24, 2.45) is 0 Å². The number of nitrogens with zero attached hydrogens (tertiary/aromatic N) is 2. The van der Waals surface area contributed by atoms with E-state index in [1.165, 1.54) is 0 Å². The number of fused-ring (bicyclic) bond motifs is 1. The van der Waals surface area contributed by atoms with E-state index in [4.69, 9.17) is 0 Å². The van der Waals surface area contributed by atoms with Crippen LogP contribution in [-0.4, -0.2) is 45.2 Å². The van der Waals surface area contributed by atoms with Gasteiger partial charge in [-0.3, -0.25) is 14.9 Å². The van der Waals surface area contributed by atoms with Crippen LogP contribution in [0.15, 0.2) is 36.5 Å². The molecule has 134 valence electrons. The number of H-pyrrole nitrogens is 1. The maximum Gasteiger partial charge on any atom is 0.241 e. The highest BCUT2D eigenvalue weighted by Gasteiger charge is 2.40. The molecular formula is C19H21N5OS. The van der Waals surface area contributed by atoms with E-state index in [0.29, 0.717) is 6.54 Å². The first-order valence-electron chi connectivity index (χ1n) is 8.60. The average molecular weight is 367 g/mol. The summed E-state index contributed by atoms with van der Waals surface area (Å²) in [5, 5.41) is 14.9. The van der Waals surface area contributed by atoms with Gasteiger partial charge in [0.15, 0.2) is 0 Å². The van der Waals surface area contributed by atoms with Crippen LogP contribution >= 0.6 is 11.8 Å². The van der Waals surface area contributed by atoms with E-state index < -0.39 is 4.75 Å². The van der Waals surface area contributed by atoms with Crippen molar-refractivity contribution in [3.63, 3.8) is 0 Å². The van der Waals surface area contributed by atoms with Gasteiger partial charge >= 0.3 is 0 Å². The molecule has 1 aliphatic rings. The molecule has 7 heteroatoms. The lowest BCUT2D eigenvalue weighted by Gasteiger charge is -2.24. The van der Waals surface area contributed by atoms with E-state index in [0.717, 1.165) is 46.5 Å². The van der Waals surface area contributed by atoms with Crippen LogP contribution in [0.2, 0.25) is 0 Å². The predicted octanol–water partition coefficient (Wildman–Crippen LogP) is 2.97. The lowest BCUT2D eigenvalue weighted by Crippen LogP contribution is -2.41. The summed E-state index contributed by atoms with van der Waals surface area (Å²) in [5.41, 5.74) is 4.54. The molecule has 1 aliphatic heterocycles. The molecule has 3 N–H and O–H groups in total. The Balaban J connectivity index is 1.67. The second kappa shape index (κ2) is 6.74. The van der Waals surface area contributed by atoms with Crippen LogP contribution in [0.3, 0.4) is 0 Å². The number of carbonyl (C=O) groups excluding carboxylic acids is 1. The van der Waals surface area contributed by atoms with E-state index in [9.17, 15) is 4.79 Å². The first kappa shape index (κ1) is 17.1. The molecule has 3 heterocycles. The van der Waals surface area contributed by atoms with Gasteiger partial charge in [0.25, 0.3) is 0 Å². The van der Waals surface area contributed by atoms with Gasteiger partial charge in [0, 0.05) is 35.1 Å². The minimum Gasteiger partial charge on any atom is -0.325 e. The number of aromatic amines is 1. The van der Waals surface area contributed by atoms with Gasteiger partial charge in [-0.15, -0.1) is 11.8 Å². The van der Waals surface area contributed by atoms with Gasteiger partial charge in [-0.05, 0) is 56.5 Å². The Bertz CT molecular complexity index is 961. The summed E-state index contributed by atoms with van der Waals surface area (Å²) in [6, 6.07) is 9.80. The lowest BCUT2D eigenvalue weighted by atomic mass is 10.1. The molecule has 3 aromatic rings. The van der Waals surface area contributed by atoms with E-state index in [2.05, 4.69) is 25.8 Å². The second-order valence-electron chi connectivity index (χ2n) is 6.60. The largest absolute Gasteiger partial charge is 0.325 e. The highest BCUT2D eigenvalue weighted by atomic mass is 32.2. The van der Waals surface area contributed by atoms with Crippen molar-refractivity contribution >= 4 is 34.3 Å². The van der Waals surface area contributed by atoms with E-state index >= 15 is 0 Å². The lowest BCUT2D eigenvalue weighted by molar-refractivity contribution is -0.118. The van der Waals surface area contributed by atoms with Crippen molar-refractivity contribution in [2.75, 3.05) is 24.7 Å². The Morgan fingerprint density at radius 1 is 1.31 bits per heavy atom. The first-order chi connectivity index (χ1) is 12.6. The highest BCUT2D eigenvalue weighted by molar-refractivity contribution is 8.00. The van der Waals surface area contributed by atoms with Gasteiger partial charge in [-0.25, -0.2) is 0 Å². The third-order valence-corrected chi connectivity index (χ3v) is 6.23. The molecule has 6 nitrogen and oxygen atoms in total. The van der Waals surface area contributed by atoms with Crippen LogP contribution in [0.5, 0.6) is 0 Å². The zero-order valence-corrected chi connectivity index (χ0v) is 15.6. The summed E-state index contributed by atoms with van der Waals surface area (Å²) in [6.45, 7) is 3.54. The number of pyridine rings is 1. The van der Waals surface area contributed by atoms with Gasteiger partial charge in [-0.2, -0.15) is 5.10 Å². The maximum atomic E-state index is 12.8. The number of aromatic nitrogens is 3. The molecule has 2 aromatic heterocycles. The van der Waals surface area contributed by atoms with E-state index in [1.54, 1.807) is 18.0 Å². The Hall–Kier alpha value is -2.38. The molecule has 0 saturated carbocycles. The zero-order chi connectivity index (χ0) is 18.1. The molecule has 1 atom stereocenters. The molecule has 0 unspecified atom stereocenters. The number of thioether (sulfide) groups is 1. The van der Waals surface area contributed by atoms with Crippen LogP contribution in [0, 0.1) is 6.92 Å². The van der Waals surface area contributed by atoms with Crippen molar-refractivity contribution in [3.05, 3.63) is 42.2 Å². The SMILES string of the molecule is CS[C@@]1(C(=O)Nc2ccc3[nH]nc(-c4ccnc(C)c4)c3c2)CCNC1. The topological polar surface area (TPSA) is 82.7 Å². The third kappa shape index (κ3) is 2.97. The molecule has 0 bridgehead atoms. The monoisotopic (exact) mass is 367 g/mol. The standard InChI is InChI=1S/C19H21N5OS/c1-12-9-13(5-7-21-12)17-15-10-14(3-4-16(15)23-24-17)22-18(25)19(26-2)6-8-20-11-19/h3-5,7,9-10,20H,6,8,11H2,1-2H3,(H,22,25)(H,23,24)/t19-/m0/s1. The smallest absolute Gasteiger partial charge is 0.241 e. The molecule has 0 spiro atoms. The van der Waals surface area contributed by atoms with Crippen LogP contribution in [0.25, 0.3) is 22.2 Å². The Labute approximate surface area is 156 Å². The van der Waals surface area contributed by atoms with Crippen LogP contribution in [-0.2, 0) is 4.79 Å². The molecule has 1 fully saturated rings. The summed E-state index contributed by atoms with van der Waals surface area (Å²) in [7, 11) is 0. The zero-order valence-electron chi connectivity index (χ0n) is 14.8. The maximum absolute atomic E-state index is 12.8. The summed E-state index contributed by atoms with van der Waals surface area (Å²) in [5.74, 6) is 0.0548. The minimum absolute atomic E-state index is 0.0548. The Morgan fingerprint density at radius 2 is 2.19 bits per heavy atom. The van der Waals surface area contributed by atoms with Gasteiger partial charge < -0.3 is 10.6 Å². The molecule has 1 amide bonds. The number of anilines is 1. The van der Waals surface area contributed by atoms with Crippen LogP contribution in [0.1, 0.15) is 12.1 Å². The fraction of sp³-hybridized carbons (Fsp3) is 0.316. The first-order valence-corrected chi connectivity index (χ1v) is 9.82. The Kier molecular flexibility index (Phi) is 4.42. The van der Waals surface area contributed by atoms with Crippen molar-refractivity contribution in [1.29, 1.82) is 0 Å². The number of hydrogen-bond acceptors (Lipinski definition) is 5. The van der Waals surface area contributed by atoms with Crippen LogP contribution < -0.4 is 10.6 Å². The number of nitrogens with one attached hydrogen (secondary N) is 3. The van der Waals surface area contributed by atoms with Crippen molar-refractivity contribution in [1.82, 2.24) is 20.5 Å². The third-order valence-electron chi connectivity index (χ3n) is 4.91. The molecule has 0 radical (unpaired) electrons. The summed E-state index contributed by atoms with van der Waals surface area (Å²) >= 11 is 1.61. The molecule has 0 aliphatic carbocycles. The minimum atomic E-state index is -0.392. The quantitative estimate of drug-likeness (QED) is 0.660. The Morgan fingerprint density at radius 3 is 2.92 bits per heavy atom. The average Bonchev–Trinajstić information content (AvgIpc) is 3.29. The molecule has 4 rings (SSSR count). The predicted molar refractivity (Wildman–Crippen MR) is 106 cm³/mol. The van der Waals surface area contributed by atoms with Gasteiger partial charge in [0.1, 0.15) is 10.4 Å². The van der Waals surface area contributed by atoms with Crippen molar-refractivity contribution in [3.8, 4) is 11.3 Å². The van der Waals surface area contributed by atoms with Gasteiger partial charge in [0.05, 0.1) is 5.52 Å². The molecule has 1 aromatic carbocycles. The summed E-state index contributed by atoms with van der Waals surface area (Å²) in [4.78, 5) is 17.1. The van der Waals surface area contributed by atoms with E-state index in [1.807, 2.05) is 43.5 Å². The van der Waals surface area contributed by atoms with Crippen molar-refractivity contribution < 1.29 is 4.79 Å². The van der Waals surface area contributed by atoms with Gasteiger partial charge in [0.2, 0.25) is 5.91 Å². The number of benzene rings is 1. The van der Waals surface area contributed by atoms with E-state index in [-0.39, 0.29) is 5.91 Å².